The van der Waals surface area contributed by atoms with Crippen molar-refractivity contribution in [1.29, 1.82) is 0 Å². The highest BCUT2D eigenvalue weighted by Gasteiger charge is 2.33. The van der Waals surface area contributed by atoms with Gasteiger partial charge < -0.3 is 10.2 Å². The molecular formula is C20H26Cl2N2O2. The van der Waals surface area contributed by atoms with Gasteiger partial charge >= 0.3 is 0 Å². The summed E-state index contributed by atoms with van der Waals surface area (Å²) in [5.74, 6) is 0.839. The predicted octanol–water partition coefficient (Wildman–Crippen LogP) is 5.00. The van der Waals surface area contributed by atoms with Gasteiger partial charge in [-0.15, -0.1) is 0 Å². The molecule has 4 nitrogen and oxygen atoms in total. The van der Waals surface area contributed by atoms with Crippen LogP contribution in [0, 0.1) is 17.8 Å². The first-order valence-electron chi connectivity index (χ1n) is 9.48. The van der Waals surface area contributed by atoms with Crippen molar-refractivity contribution in [3.63, 3.8) is 0 Å². The van der Waals surface area contributed by atoms with Gasteiger partial charge in [0.2, 0.25) is 11.8 Å². The number of anilines is 1. The molecule has 2 aliphatic rings. The summed E-state index contributed by atoms with van der Waals surface area (Å²) in [6.45, 7) is 3.98. The van der Waals surface area contributed by atoms with E-state index in [2.05, 4.69) is 12.2 Å². The van der Waals surface area contributed by atoms with Gasteiger partial charge in [0.1, 0.15) is 0 Å². The third kappa shape index (κ3) is 4.72. The second-order valence-electron chi connectivity index (χ2n) is 7.69. The van der Waals surface area contributed by atoms with Crippen LogP contribution in [0.5, 0.6) is 0 Å². The number of hydrogen-bond donors (Lipinski definition) is 1. The topological polar surface area (TPSA) is 49.4 Å². The number of halogens is 2. The molecule has 3 rings (SSSR count). The van der Waals surface area contributed by atoms with Crippen LogP contribution < -0.4 is 5.32 Å². The summed E-state index contributed by atoms with van der Waals surface area (Å²) in [4.78, 5) is 27.3. The van der Waals surface area contributed by atoms with Gasteiger partial charge in [-0.05, 0) is 62.6 Å². The molecule has 0 radical (unpaired) electrons. The molecule has 1 aromatic carbocycles. The highest BCUT2D eigenvalue weighted by atomic mass is 35.5. The van der Waals surface area contributed by atoms with Crippen LogP contribution in [-0.4, -0.2) is 29.8 Å². The minimum absolute atomic E-state index is 0.0355. The van der Waals surface area contributed by atoms with E-state index in [1.54, 1.807) is 18.2 Å². The van der Waals surface area contributed by atoms with Gasteiger partial charge in [-0.3, -0.25) is 9.59 Å². The third-order valence-electron chi connectivity index (χ3n) is 5.60. The molecule has 6 heteroatoms. The van der Waals surface area contributed by atoms with Gasteiger partial charge in [0.15, 0.2) is 0 Å². The number of hydrogen-bond acceptors (Lipinski definition) is 2. The lowest BCUT2D eigenvalue weighted by Crippen LogP contribution is -2.43. The molecule has 1 aromatic rings. The monoisotopic (exact) mass is 396 g/mol. The zero-order chi connectivity index (χ0) is 18.7. The molecule has 1 heterocycles. The maximum atomic E-state index is 12.7. The molecule has 0 aromatic heterocycles. The number of carbonyl (C=O) groups excluding carboxylic acids is 2. The first-order valence-corrected chi connectivity index (χ1v) is 10.2. The summed E-state index contributed by atoms with van der Waals surface area (Å²) in [5, 5.41) is 3.90. The maximum absolute atomic E-state index is 12.7. The number of nitrogens with zero attached hydrogens (tertiary/aromatic N) is 1. The lowest BCUT2D eigenvalue weighted by molar-refractivity contribution is -0.139. The van der Waals surface area contributed by atoms with E-state index < -0.39 is 0 Å². The van der Waals surface area contributed by atoms with Crippen molar-refractivity contribution in [2.75, 3.05) is 18.4 Å². The average molecular weight is 397 g/mol. The number of rotatable bonds is 3. The fourth-order valence-corrected chi connectivity index (χ4v) is 4.42. The van der Waals surface area contributed by atoms with Gasteiger partial charge in [0, 0.05) is 29.9 Å². The van der Waals surface area contributed by atoms with Crippen molar-refractivity contribution in [2.24, 2.45) is 17.8 Å². The minimum atomic E-state index is -0.0747. The van der Waals surface area contributed by atoms with E-state index in [-0.39, 0.29) is 23.7 Å². The fraction of sp³-hybridized carbons (Fsp3) is 0.600. The summed E-state index contributed by atoms with van der Waals surface area (Å²) < 4.78 is 0. The summed E-state index contributed by atoms with van der Waals surface area (Å²) >= 11 is 12.1. The molecule has 0 spiro atoms. The van der Waals surface area contributed by atoms with Crippen molar-refractivity contribution in [2.45, 2.75) is 45.4 Å². The Kier molecular flexibility index (Phi) is 6.46. The number of benzene rings is 1. The zero-order valence-corrected chi connectivity index (χ0v) is 16.7. The van der Waals surface area contributed by atoms with Crippen LogP contribution in [0.3, 0.4) is 0 Å². The Morgan fingerprint density at radius 1 is 1.08 bits per heavy atom. The molecule has 1 aliphatic carbocycles. The molecule has 1 N–H and O–H groups in total. The third-order valence-corrected chi connectivity index (χ3v) is 6.17. The van der Waals surface area contributed by atoms with Crippen molar-refractivity contribution in [1.82, 2.24) is 4.90 Å². The SMILES string of the molecule is CC1CCCN(C(=O)C2CCC(C(=O)Nc3cc(Cl)ccc3Cl)CC2)C1. The number of amides is 2. The van der Waals surface area contributed by atoms with Gasteiger partial charge in [0.25, 0.3) is 0 Å². The second kappa shape index (κ2) is 8.62. The number of likely N-dealkylation sites (tertiary alicyclic amines) is 1. The molecule has 1 saturated carbocycles. The fourth-order valence-electron chi connectivity index (χ4n) is 4.08. The Balaban J connectivity index is 1.52. The van der Waals surface area contributed by atoms with Crippen molar-refractivity contribution < 1.29 is 9.59 Å². The molecule has 1 saturated heterocycles. The summed E-state index contributed by atoms with van der Waals surface area (Å²) in [7, 11) is 0. The van der Waals surface area contributed by atoms with E-state index in [9.17, 15) is 9.59 Å². The Morgan fingerprint density at radius 2 is 1.77 bits per heavy atom. The van der Waals surface area contributed by atoms with E-state index in [0.717, 1.165) is 45.2 Å². The highest BCUT2D eigenvalue weighted by Crippen LogP contribution is 2.33. The Labute approximate surface area is 165 Å². The van der Waals surface area contributed by atoms with Gasteiger partial charge in [-0.2, -0.15) is 0 Å². The molecule has 26 heavy (non-hydrogen) atoms. The smallest absolute Gasteiger partial charge is 0.227 e. The van der Waals surface area contributed by atoms with Gasteiger partial charge in [0.05, 0.1) is 10.7 Å². The Bertz CT molecular complexity index is 672. The minimum Gasteiger partial charge on any atom is -0.342 e. The molecule has 1 atom stereocenters. The zero-order valence-electron chi connectivity index (χ0n) is 15.1. The molecule has 2 fully saturated rings. The second-order valence-corrected chi connectivity index (χ2v) is 8.54. The molecule has 1 unspecified atom stereocenters. The average Bonchev–Trinajstić information content (AvgIpc) is 2.64. The first kappa shape index (κ1) is 19.5. The summed E-state index contributed by atoms with van der Waals surface area (Å²) in [5.41, 5.74) is 0.546. The quantitative estimate of drug-likeness (QED) is 0.781. The van der Waals surface area contributed by atoms with Crippen LogP contribution in [0.25, 0.3) is 0 Å². The summed E-state index contributed by atoms with van der Waals surface area (Å²) in [6, 6.07) is 5.03. The van der Waals surface area contributed by atoms with E-state index >= 15 is 0 Å². The Hall–Kier alpha value is -1.26. The maximum Gasteiger partial charge on any atom is 0.227 e. The number of piperidine rings is 1. The molecule has 2 amide bonds. The number of nitrogens with one attached hydrogen (secondary N) is 1. The van der Waals surface area contributed by atoms with Crippen LogP contribution >= 0.6 is 23.2 Å². The van der Waals surface area contributed by atoms with Crippen molar-refractivity contribution in [3.05, 3.63) is 28.2 Å². The molecule has 142 valence electrons. The van der Waals surface area contributed by atoms with E-state index in [1.807, 2.05) is 4.90 Å². The van der Waals surface area contributed by atoms with Gasteiger partial charge in [-0.1, -0.05) is 30.1 Å². The lowest BCUT2D eigenvalue weighted by atomic mass is 9.80. The Morgan fingerprint density at radius 3 is 2.46 bits per heavy atom. The van der Waals surface area contributed by atoms with Crippen LogP contribution in [0.1, 0.15) is 45.4 Å². The molecule has 0 bridgehead atoms. The van der Waals surface area contributed by atoms with Crippen LogP contribution in [0.4, 0.5) is 5.69 Å². The number of carbonyl (C=O) groups is 2. The van der Waals surface area contributed by atoms with Crippen LogP contribution in [0.15, 0.2) is 18.2 Å². The van der Waals surface area contributed by atoms with E-state index in [1.165, 1.54) is 6.42 Å². The molecular weight excluding hydrogens is 371 g/mol. The van der Waals surface area contributed by atoms with Gasteiger partial charge in [-0.25, -0.2) is 0 Å². The van der Waals surface area contributed by atoms with Crippen molar-refractivity contribution in [3.8, 4) is 0 Å². The van der Waals surface area contributed by atoms with E-state index in [0.29, 0.717) is 21.7 Å². The lowest BCUT2D eigenvalue weighted by Gasteiger charge is -2.35. The first-order chi connectivity index (χ1) is 12.4. The normalized spacial score (nSPS) is 26.4. The highest BCUT2D eigenvalue weighted by molar-refractivity contribution is 6.35. The molecule has 1 aliphatic heterocycles. The van der Waals surface area contributed by atoms with Crippen LogP contribution in [-0.2, 0) is 9.59 Å². The van der Waals surface area contributed by atoms with Crippen molar-refractivity contribution >= 4 is 40.7 Å². The predicted molar refractivity (Wildman–Crippen MR) is 106 cm³/mol. The van der Waals surface area contributed by atoms with E-state index in [4.69, 9.17) is 23.2 Å². The largest absolute Gasteiger partial charge is 0.342 e. The summed E-state index contributed by atoms with van der Waals surface area (Å²) in [6.07, 6.45) is 5.36. The standard InChI is InChI=1S/C20H26Cl2N2O2/c1-13-3-2-10-24(12-13)20(26)15-6-4-14(5-7-15)19(25)23-18-11-16(21)8-9-17(18)22/h8-9,11,13-15H,2-7,10,12H2,1H3,(H,23,25). The van der Waals surface area contributed by atoms with Crippen LogP contribution in [0.2, 0.25) is 10.0 Å².